The van der Waals surface area contributed by atoms with E-state index in [0.717, 1.165) is 17.7 Å². The third-order valence-electron chi connectivity index (χ3n) is 3.08. The second-order valence-electron chi connectivity index (χ2n) is 4.85. The molecule has 0 saturated carbocycles. The van der Waals surface area contributed by atoms with Crippen molar-refractivity contribution in [2.45, 2.75) is 19.9 Å². The Balaban J connectivity index is 2.12. The minimum Gasteiger partial charge on any atom is -0.480 e. The first-order chi connectivity index (χ1) is 10.1. The predicted octanol–water partition coefficient (Wildman–Crippen LogP) is 3.90. The van der Waals surface area contributed by atoms with Crippen LogP contribution in [0.5, 0.6) is 0 Å². The summed E-state index contributed by atoms with van der Waals surface area (Å²) in [5.74, 6) is 0.600. The topological polar surface area (TPSA) is 53.7 Å². The van der Waals surface area contributed by atoms with E-state index in [4.69, 9.17) is 21.1 Å². The van der Waals surface area contributed by atoms with E-state index in [1.165, 1.54) is 0 Å². The highest BCUT2D eigenvalue weighted by molar-refractivity contribution is 6.33. The highest BCUT2D eigenvalue weighted by Crippen LogP contribution is 2.29. The monoisotopic (exact) mass is 307 g/mol. The van der Waals surface area contributed by atoms with Gasteiger partial charge in [-0.1, -0.05) is 30.7 Å². The minimum atomic E-state index is -0.832. The second-order valence-corrected chi connectivity index (χ2v) is 5.26. The Morgan fingerprint density at radius 2 is 2.05 bits per heavy atom. The lowest BCUT2D eigenvalue weighted by Crippen LogP contribution is -2.29. The summed E-state index contributed by atoms with van der Waals surface area (Å²) in [6.07, 6.45) is 0.894. The van der Waals surface area contributed by atoms with Gasteiger partial charge >= 0.3 is 5.97 Å². The Labute approximate surface area is 128 Å². The number of carboxylic acids is 1. The van der Waals surface area contributed by atoms with E-state index in [1.807, 2.05) is 48.2 Å². The Kier molecular flexibility index (Phi) is 5.42. The predicted molar refractivity (Wildman–Crippen MR) is 82.4 cm³/mol. The van der Waals surface area contributed by atoms with Gasteiger partial charge in [0.2, 0.25) is 0 Å². The van der Waals surface area contributed by atoms with E-state index in [9.17, 15) is 4.79 Å². The van der Waals surface area contributed by atoms with Gasteiger partial charge in [-0.05, 0) is 37.2 Å². The van der Waals surface area contributed by atoms with Crippen molar-refractivity contribution in [2.75, 3.05) is 13.1 Å². The zero-order chi connectivity index (χ0) is 15.2. The maximum absolute atomic E-state index is 10.9. The van der Waals surface area contributed by atoms with E-state index in [-0.39, 0.29) is 6.54 Å². The molecule has 0 aliphatic carbocycles. The number of carbonyl (C=O) groups is 1. The average Bonchev–Trinajstić information content (AvgIpc) is 2.87. The van der Waals surface area contributed by atoms with Gasteiger partial charge in [0.15, 0.2) is 0 Å². The van der Waals surface area contributed by atoms with E-state index < -0.39 is 5.97 Å². The van der Waals surface area contributed by atoms with Crippen LogP contribution in [0.3, 0.4) is 0 Å². The summed E-state index contributed by atoms with van der Waals surface area (Å²) < 4.78 is 5.79. The summed E-state index contributed by atoms with van der Waals surface area (Å²) in [5.41, 5.74) is 0.839. The van der Waals surface area contributed by atoms with Crippen LogP contribution in [0.2, 0.25) is 5.02 Å². The molecule has 1 heterocycles. The zero-order valence-electron chi connectivity index (χ0n) is 11.9. The van der Waals surface area contributed by atoms with Crippen LogP contribution in [0, 0.1) is 0 Å². The van der Waals surface area contributed by atoms with E-state index in [2.05, 4.69) is 0 Å². The molecule has 112 valence electrons. The van der Waals surface area contributed by atoms with Crippen molar-refractivity contribution >= 4 is 17.6 Å². The minimum absolute atomic E-state index is 0.00989. The van der Waals surface area contributed by atoms with Gasteiger partial charge in [-0.3, -0.25) is 9.69 Å². The zero-order valence-corrected chi connectivity index (χ0v) is 12.6. The third-order valence-corrected chi connectivity index (χ3v) is 3.41. The molecular formula is C16H18ClNO3. The smallest absolute Gasteiger partial charge is 0.317 e. The van der Waals surface area contributed by atoms with Crippen LogP contribution >= 0.6 is 11.6 Å². The maximum atomic E-state index is 10.9. The highest BCUT2D eigenvalue weighted by Gasteiger charge is 2.13. The Morgan fingerprint density at radius 3 is 2.71 bits per heavy atom. The van der Waals surface area contributed by atoms with Crippen molar-refractivity contribution < 1.29 is 14.3 Å². The number of hydrogen-bond acceptors (Lipinski definition) is 3. The number of halogens is 1. The molecule has 0 atom stereocenters. The van der Waals surface area contributed by atoms with Crippen molar-refractivity contribution in [3.63, 3.8) is 0 Å². The van der Waals surface area contributed by atoms with Gasteiger partial charge in [-0.15, -0.1) is 0 Å². The first kappa shape index (κ1) is 15.6. The molecule has 0 radical (unpaired) electrons. The first-order valence-electron chi connectivity index (χ1n) is 6.88. The van der Waals surface area contributed by atoms with Crippen LogP contribution < -0.4 is 0 Å². The number of furan rings is 1. The quantitative estimate of drug-likeness (QED) is 0.843. The van der Waals surface area contributed by atoms with Crippen molar-refractivity contribution in [3.8, 4) is 11.3 Å². The van der Waals surface area contributed by atoms with E-state index in [1.54, 1.807) is 0 Å². The van der Waals surface area contributed by atoms with Crippen LogP contribution in [0.25, 0.3) is 11.3 Å². The number of aliphatic carboxylic acids is 1. The maximum Gasteiger partial charge on any atom is 0.317 e. The van der Waals surface area contributed by atoms with Gasteiger partial charge in [-0.2, -0.15) is 0 Å². The summed E-state index contributed by atoms with van der Waals surface area (Å²) in [6.45, 7) is 3.22. The van der Waals surface area contributed by atoms with Crippen molar-refractivity contribution in [3.05, 3.63) is 47.2 Å². The lowest BCUT2D eigenvalue weighted by Gasteiger charge is -2.17. The van der Waals surface area contributed by atoms with E-state index >= 15 is 0 Å². The summed E-state index contributed by atoms with van der Waals surface area (Å²) in [4.78, 5) is 12.7. The van der Waals surface area contributed by atoms with Crippen molar-refractivity contribution in [1.29, 1.82) is 0 Å². The molecule has 1 aromatic heterocycles. The normalized spacial score (nSPS) is 11.0. The molecule has 21 heavy (non-hydrogen) atoms. The van der Waals surface area contributed by atoms with Crippen LogP contribution in [0.1, 0.15) is 19.1 Å². The standard InChI is InChI=1S/C16H18ClNO3/c1-2-9-18(11-16(19)20)10-12-7-8-15(21-12)13-5-3-4-6-14(13)17/h3-8H,2,9-11H2,1H3,(H,19,20). The molecule has 1 aromatic carbocycles. The average molecular weight is 308 g/mol. The Hall–Kier alpha value is -1.78. The summed E-state index contributed by atoms with van der Waals surface area (Å²) in [6, 6.07) is 11.2. The van der Waals surface area contributed by atoms with Crippen LogP contribution in [-0.2, 0) is 11.3 Å². The highest BCUT2D eigenvalue weighted by atomic mass is 35.5. The molecular weight excluding hydrogens is 290 g/mol. The van der Waals surface area contributed by atoms with Gasteiger partial charge in [-0.25, -0.2) is 0 Å². The third kappa shape index (κ3) is 4.34. The van der Waals surface area contributed by atoms with Crippen molar-refractivity contribution in [2.24, 2.45) is 0 Å². The lowest BCUT2D eigenvalue weighted by atomic mass is 10.2. The number of rotatable bonds is 7. The second kappa shape index (κ2) is 7.29. The molecule has 0 unspecified atom stereocenters. The van der Waals surface area contributed by atoms with Crippen LogP contribution in [0.15, 0.2) is 40.8 Å². The molecule has 0 spiro atoms. The summed E-state index contributed by atoms with van der Waals surface area (Å²) >= 11 is 6.14. The fraction of sp³-hybridized carbons (Fsp3) is 0.312. The largest absolute Gasteiger partial charge is 0.480 e. The molecule has 0 aliphatic heterocycles. The molecule has 1 N–H and O–H groups in total. The number of benzene rings is 1. The van der Waals surface area contributed by atoms with Gasteiger partial charge < -0.3 is 9.52 Å². The Bertz CT molecular complexity index is 609. The van der Waals surface area contributed by atoms with Gasteiger partial charge in [0.1, 0.15) is 11.5 Å². The van der Waals surface area contributed by atoms with Crippen LogP contribution in [0.4, 0.5) is 0 Å². The fourth-order valence-electron chi connectivity index (χ4n) is 2.21. The number of nitrogens with zero attached hydrogens (tertiary/aromatic N) is 1. The van der Waals surface area contributed by atoms with Gasteiger partial charge in [0, 0.05) is 5.56 Å². The Morgan fingerprint density at radius 1 is 1.29 bits per heavy atom. The summed E-state index contributed by atoms with van der Waals surface area (Å²) in [7, 11) is 0. The van der Waals surface area contributed by atoms with E-state index in [0.29, 0.717) is 23.9 Å². The molecule has 4 nitrogen and oxygen atoms in total. The molecule has 0 fully saturated rings. The number of carboxylic acid groups (broad SMARTS) is 1. The molecule has 0 bridgehead atoms. The molecule has 0 aliphatic rings. The molecule has 2 rings (SSSR count). The fourth-order valence-corrected chi connectivity index (χ4v) is 2.44. The summed E-state index contributed by atoms with van der Waals surface area (Å²) in [5, 5.41) is 9.55. The SMILES string of the molecule is CCCN(CC(=O)O)Cc1ccc(-c2ccccc2Cl)o1. The van der Waals surface area contributed by atoms with Gasteiger partial charge in [0.05, 0.1) is 18.1 Å². The van der Waals surface area contributed by atoms with Gasteiger partial charge in [0.25, 0.3) is 0 Å². The molecule has 0 amide bonds. The number of hydrogen-bond donors (Lipinski definition) is 1. The van der Waals surface area contributed by atoms with Crippen LogP contribution in [-0.4, -0.2) is 29.1 Å². The molecule has 2 aromatic rings. The molecule has 0 saturated heterocycles. The van der Waals surface area contributed by atoms with Crippen molar-refractivity contribution in [1.82, 2.24) is 4.90 Å². The first-order valence-corrected chi connectivity index (χ1v) is 7.25. The molecule has 5 heteroatoms. The lowest BCUT2D eigenvalue weighted by molar-refractivity contribution is -0.138.